The van der Waals surface area contributed by atoms with Gasteiger partial charge in [-0.1, -0.05) is 27.7 Å². The Hall–Kier alpha value is -3.76. The molecule has 47 heavy (non-hydrogen) atoms. The molecule has 0 saturated carbocycles. The average Bonchev–Trinajstić information content (AvgIpc) is 3.51. The topological polar surface area (TPSA) is 125 Å². The Morgan fingerprint density at radius 2 is 1.32 bits per heavy atom. The Bertz CT molecular complexity index is 1330. The van der Waals surface area contributed by atoms with Crippen LogP contribution < -0.4 is 10.6 Å². The fourth-order valence-electron chi connectivity index (χ4n) is 5.25. The van der Waals surface area contributed by atoms with Gasteiger partial charge in [0.05, 0.1) is 19.3 Å². The number of hydrogen-bond acceptors (Lipinski definition) is 6. The molecule has 3 rings (SSSR count). The molecular formula is C30H37F7N4O6. The highest BCUT2D eigenvalue weighted by molar-refractivity contribution is 6.01. The summed E-state index contributed by atoms with van der Waals surface area (Å²) in [6, 6.07) is 0.679. The highest BCUT2D eigenvalue weighted by Crippen LogP contribution is 2.47. The van der Waals surface area contributed by atoms with E-state index in [0.29, 0.717) is 31.9 Å². The number of Topliss-reactive ketones (excluding diaryl/α,β-unsaturated/α-hetero) is 1. The van der Waals surface area contributed by atoms with Crippen molar-refractivity contribution in [1.82, 2.24) is 20.4 Å². The van der Waals surface area contributed by atoms with Crippen molar-refractivity contribution in [2.45, 2.75) is 76.7 Å². The van der Waals surface area contributed by atoms with E-state index in [2.05, 4.69) is 5.32 Å². The highest BCUT2D eigenvalue weighted by Gasteiger charge is 2.76. The summed E-state index contributed by atoms with van der Waals surface area (Å²) >= 11 is 0. The lowest BCUT2D eigenvalue weighted by atomic mass is 9.92. The number of hydrogen-bond donors (Lipinski definition) is 2. The third-order valence-corrected chi connectivity index (χ3v) is 8.06. The number of likely N-dealkylation sites (tertiary alicyclic amines) is 1. The van der Waals surface area contributed by atoms with Crippen molar-refractivity contribution in [2.24, 2.45) is 11.8 Å². The Morgan fingerprint density at radius 1 is 0.787 bits per heavy atom. The fraction of sp³-hybridized carbons (Fsp3) is 0.633. The Kier molecular flexibility index (Phi) is 11.7. The van der Waals surface area contributed by atoms with Gasteiger partial charge in [-0.2, -0.15) is 30.7 Å². The van der Waals surface area contributed by atoms with E-state index in [-0.39, 0.29) is 30.9 Å². The number of halogens is 7. The highest BCUT2D eigenvalue weighted by atomic mass is 19.4. The summed E-state index contributed by atoms with van der Waals surface area (Å²) in [5, 5.41) is 4.45. The van der Waals surface area contributed by atoms with Crippen molar-refractivity contribution in [1.29, 1.82) is 0 Å². The lowest BCUT2D eigenvalue weighted by Crippen LogP contribution is -2.63. The van der Waals surface area contributed by atoms with Crippen LogP contribution in [0.4, 0.5) is 30.7 Å². The second-order valence-corrected chi connectivity index (χ2v) is 12.1. The Balaban J connectivity index is 1.73. The van der Waals surface area contributed by atoms with Crippen molar-refractivity contribution >= 4 is 29.4 Å². The molecule has 2 fully saturated rings. The average molecular weight is 683 g/mol. The van der Waals surface area contributed by atoms with Crippen LogP contribution >= 0.6 is 0 Å². The van der Waals surface area contributed by atoms with Gasteiger partial charge in [-0.05, 0) is 48.9 Å². The summed E-state index contributed by atoms with van der Waals surface area (Å²) in [5.74, 6) is -20.5. The van der Waals surface area contributed by atoms with Gasteiger partial charge in [0.25, 0.3) is 11.8 Å². The molecule has 0 bridgehead atoms. The second-order valence-electron chi connectivity index (χ2n) is 12.1. The van der Waals surface area contributed by atoms with Crippen LogP contribution in [0.5, 0.6) is 0 Å². The normalized spacial score (nSPS) is 19.0. The molecule has 1 aromatic rings. The zero-order valence-electron chi connectivity index (χ0n) is 26.1. The zero-order valence-corrected chi connectivity index (χ0v) is 26.1. The maximum Gasteiger partial charge on any atom is 0.460 e. The monoisotopic (exact) mass is 682 g/mol. The number of alkyl halides is 7. The maximum atomic E-state index is 14.2. The van der Waals surface area contributed by atoms with Crippen LogP contribution in [-0.4, -0.2) is 108 Å². The van der Waals surface area contributed by atoms with Gasteiger partial charge < -0.3 is 25.2 Å². The third kappa shape index (κ3) is 8.04. The van der Waals surface area contributed by atoms with Crippen LogP contribution in [0, 0.1) is 11.8 Å². The molecule has 2 heterocycles. The molecule has 2 aliphatic heterocycles. The second kappa shape index (κ2) is 14.6. The predicted octanol–water partition coefficient (Wildman–Crippen LogP) is 3.45. The number of benzene rings is 1. The van der Waals surface area contributed by atoms with Crippen LogP contribution in [-0.2, 0) is 19.1 Å². The molecule has 3 atom stereocenters. The smallest absolute Gasteiger partial charge is 0.378 e. The summed E-state index contributed by atoms with van der Waals surface area (Å²) < 4.78 is 99.0. The first-order valence-electron chi connectivity index (χ1n) is 15.0. The number of rotatable bonds is 11. The molecule has 2 saturated heterocycles. The summed E-state index contributed by atoms with van der Waals surface area (Å²) in [6.45, 7) is 6.97. The number of carbonyl (C=O) groups is 5. The zero-order chi connectivity index (χ0) is 35.5. The summed E-state index contributed by atoms with van der Waals surface area (Å²) in [4.78, 5) is 67.6. The minimum Gasteiger partial charge on any atom is -0.378 e. The van der Waals surface area contributed by atoms with E-state index in [0.717, 1.165) is 18.7 Å². The van der Waals surface area contributed by atoms with Gasteiger partial charge in [0.15, 0.2) is 0 Å². The molecule has 0 aromatic heterocycles. The van der Waals surface area contributed by atoms with Gasteiger partial charge in [-0.3, -0.25) is 24.0 Å². The van der Waals surface area contributed by atoms with E-state index < -0.39 is 71.5 Å². The third-order valence-electron chi connectivity index (χ3n) is 8.06. The number of ether oxygens (including phenoxy) is 1. The van der Waals surface area contributed by atoms with Gasteiger partial charge in [-0.25, -0.2) is 0 Å². The molecular weight excluding hydrogens is 645 g/mol. The van der Waals surface area contributed by atoms with Crippen LogP contribution in [0.15, 0.2) is 24.3 Å². The Morgan fingerprint density at radius 3 is 1.83 bits per heavy atom. The van der Waals surface area contributed by atoms with Crippen LogP contribution in [0.25, 0.3) is 0 Å². The van der Waals surface area contributed by atoms with Crippen LogP contribution in [0.1, 0.15) is 61.3 Å². The summed E-state index contributed by atoms with van der Waals surface area (Å²) in [6.07, 6.45) is -6.56. The number of morpholine rings is 1. The van der Waals surface area contributed by atoms with E-state index in [1.165, 1.54) is 24.3 Å². The number of carbonyl (C=O) groups excluding carboxylic acids is 5. The molecule has 4 amide bonds. The number of amides is 4. The van der Waals surface area contributed by atoms with Crippen molar-refractivity contribution in [3.05, 3.63) is 35.4 Å². The molecule has 2 N–H and O–H groups in total. The van der Waals surface area contributed by atoms with Crippen molar-refractivity contribution < 1.29 is 59.4 Å². The van der Waals surface area contributed by atoms with Crippen molar-refractivity contribution in [3.8, 4) is 0 Å². The van der Waals surface area contributed by atoms with E-state index in [1.54, 1.807) is 18.7 Å². The van der Waals surface area contributed by atoms with Gasteiger partial charge >= 0.3 is 18.0 Å². The largest absolute Gasteiger partial charge is 0.460 e. The Labute approximate surface area is 266 Å². The molecule has 1 unspecified atom stereocenters. The van der Waals surface area contributed by atoms with Gasteiger partial charge in [0, 0.05) is 30.8 Å². The van der Waals surface area contributed by atoms with E-state index in [9.17, 15) is 54.7 Å². The predicted molar refractivity (Wildman–Crippen MR) is 152 cm³/mol. The SMILES string of the molecule is CC(C)C(NC(=O)[C@@H]1CCCN1C(=O)[C@@H](NC(=O)c1ccc(C(=O)N2CCOCC2)cc1)C(C)C)C(=O)C(F)(F)C(F)(F)C(F)(F)F. The number of ketones is 1. The number of nitrogens with zero attached hydrogens (tertiary/aromatic N) is 2. The molecule has 0 aliphatic carbocycles. The van der Waals surface area contributed by atoms with Gasteiger partial charge in [-0.15, -0.1) is 0 Å². The minimum atomic E-state index is -6.75. The quantitative estimate of drug-likeness (QED) is 0.345. The lowest BCUT2D eigenvalue weighted by molar-refractivity contribution is -0.344. The molecule has 17 heteroatoms. The fourth-order valence-corrected chi connectivity index (χ4v) is 5.25. The van der Waals surface area contributed by atoms with E-state index in [4.69, 9.17) is 4.74 Å². The first-order valence-corrected chi connectivity index (χ1v) is 15.0. The standard InChI is InChI=1S/C30H37F7N4O6/c1-16(2)21(23(42)28(31,32)29(33,34)30(35,36)37)38-25(44)20-6-5-11-41(20)27(46)22(17(3)4)39-24(43)18-7-9-19(10-8-18)26(45)40-12-14-47-15-13-40/h7-10,16-17,20-22H,5-6,11-15H2,1-4H3,(H,38,44)(H,39,43)/t20-,21?,22-/m0/s1. The molecule has 10 nitrogen and oxygen atoms in total. The molecule has 262 valence electrons. The van der Waals surface area contributed by atoms with Crippen molar-refractivity contribution in [3.63, 3.8) is 0 Å². The first-order chi connectivity index (χ1) is 21.7. The summed E-state index contributed by atoms with van der Waals surface area (Å²) in [7, 11) is 0. The maximum absolute atomic E-state index is 14.2. The number of nitrogens with one attached hydrogen (secondary N) is 2. The van der Waals surface area contributed by atoms with Gasteiger partial charge in [0.2, 0.25) is 17.6 Å². The summed E-state index contributed by atoms with van der Waals surface area (Å²) in [5.41, 5.74) is 0.455. The van der Waals surface area contributed by atoms with Crippen LogP contribution in [0.3, 0.4) is 0 Å². The molecule has 0 radical (unpaired) electrons. The van der Waals surface area contributed by atoms with Crippen molar-refractivity contribution in [2.75, 3.05) is 32.8 Å². The van der Waals surface area contributed by atoms with Gasteiger partial charge in [0.1, 0.15) is 12.1 Å². The van der Waals surface area contributed by atoms with Crippen LogP contribution in [0.2, 0.25) is 0 Å². The first kappa shape index (κ1) is 37.7. The molecule has 1 aromatic carbocycles. The van der Waals surface area contributed by atoms with E-state index >= 15 is 0 Å². The minimum absolute atomic E-state index is 0.0308. The van der Waals surface area contributed by atoms with E-state index in [1.807, 2.05) is 5.32 Å². The lowest BCUT2D eigenvalue weighted by Gasteiger charge is -2.33. The molecule has 2 aliphatic rings. The molecule has 0 spiro atoms.